The fraction of sp³-hybridized carbons (Fsp3) is 0.600. The summed E-state index contributed by atoms with van der Waals surface area (Å²) in [5.41, 5.74) is 1.44. The molecule has 1 aliphatic rings. The maximum absolute atomic E-state index is 3.52. The Labute approximate surface area is 115 Å². The van der Waals surface area contributed by atoms with E-state index < -0.39 is 0 Å². The number of hydrogen-bond donors (Lipinski definition) is 1. The van der Waals surface area contributed by atoms with E-state index in [0.29, 0.717) is 12.1 Å². The van der Waals surface area contributed by atoms with Gasteiger partial charge in [-0.25, -0.2) is 0 Å². The summed E-state index contributed by atoms with van der Waals surface area (Å²) in [6.45, 7) is 7.83. The highest BCUT2D eigenvalue weighted by Crippen LogP contribution is 2.27. The zero-order chi connectivity index (χ0) is 12.8. The second kappa shape index (κ2) is 7.17. The van der Waals surface area contributed by atoms with Crippen molar-refractivity contribution in [3.63, 3.8) is 0 Å². The fourth-order valence-electron chi connectivity index (χ4n) is 2.59. The highest BCUT2D eigenvalue weighted by Gasteiger charge is 2.26. The van der Waals surface area contributed by atoms with Gasteiger partial charge in [-0.3, -0.25) is 4.90 Å². The van der Waals surface area contributed by atoms with Crippen LogP contribution in [0.25, 0.3) is 0 Å². The molecule has 1 aliphatic heterocycles. The minimum absolute atomic E-state index is 0.516. The summed E-state index contributed by atoms with van der Waals surface area (Å²) < 4.78 is 0. The van der Waals surface area contributed by atoms with Crippen molar-refractivity contribution in [3.05, 3.63) is 35.9 Å². The molecule has 1 heterocycles. The molecule has 2 rings (SSSR count). The summed E-state index contributed by atoms with van der Waals surface area (Å²) in [5, 5.41) is 3.52. The van der Waals surface area contributed by atoms with Crippen LogP contribution in [0.2, 0.25) is 0 Å². The van der Waals surface area contributed by atoms with E-state index in [-0.39, 0.29) is 0 Å². The Morgan fingerprint density at radius 3 is 2.83 bits per heavy atom. The number of hydrogen-bond acceptors (Lipinski definition) is 3. The van der Waals surface area contributed by atoms with Crippen LogP contribution in [0.3, 0.4) is 0 Å². The second-order valence-electron chi connectivity index (χ2n) is 4.90. The fourth-order valence-corrected chi connectivity index (χ4v) is 3.62. The summed E-state index contributed by atoms with van der Waals surface area (Å²) in [6.07, 6.45) is 0. The largest absolute Gasteiger partial charge is 0.315 e. The maximum Gasteiger partial charge on any atom is 0.0476 e. The molecule has 1 aromatic rings. The Morgan fingerprint density at radius 2 is 2.17 bits per heavy atom. The smallest absolute Gasteiger partial charge is 0.0476 e. The third-order valence-corrected chi connectivity index (χ3v) is 4.78. The van der Waals surface area contributed by atoms with Gasteiger partial charge in [0.05, 0.1) is 0 Å². The van der Waals surface area contributed by atoms with Gasteiger partial charge in [-0.15, -0.1) is 0 Å². The zero-order valence-corrected chi connectivity index (χ0v) is 12.2. The minimum Gasteiger partial charge on any atom is -0.315 e. The molecule has 0 radical (unpaired) electrons. The van der Waals surface area contributed by atoms with Crippen LogP contribution in [0.4, 0.5) is 0 Å². The Hall–Kier alpha value is -0.510. The van der Waals surface area contributed by atoms with Crippen molar-refractivity contribution in [2.45, 2.75) is 25.9 Å². The summed E-state index contributed by atoms with van der Waals surface area (Å²) in [6, 6.07) is 12.1. The standard InChI is InChI=1S/C15H24N2S/c1-3-16-11-15(14-7-5-4-6-8-14)17-9-10-18-12-13(17)2/h4-8,13,15-16H,3,9-12H2,1-2H3. The van der Waals surface area contributed by atoms with Gasteiger partial charge in [-0.1, -0.05) is 37.3 Å². The molecule has 0 aliphatic carbocycles. The van der Waals surface area contributed by atoms with E-state index in [4.69, 9.17) is 0 Å². The molecule has 0 amide bonds. The number of nitrogens with one attached hydrogen (secondary N) is 1. The number of thioether (sulfide) groups is 1. The highest BCUT2D eigenvalue weighted by molar-refractivity contribution is 7.99. The monoisotopic (exact) mass is 264 g/mol. The molecule has 3 heteroatoms. The molecule has 1 aromatic carbocycles. The molecule has 0 bridgehead atoms. The van der Waals surface area contributed by atoms with Crippen molar-refractivity contribution in [3.8, 4) is 0 Å². The van der Waals surface area contributed by atoms with Crippen LogP contribution in [0.5, 0.6) is 0 Å². The quantitative estimate of drug-likeness (QED) is 0.880. The molecule has 2 unspecified atom stereocenters. The summed E-state index contributed by atoms with van der Waals surface area (Å²) >= 11 is 2.08. The number of rotatable bonds is 5. The first-order chi connectivity index (χ1) is 8.83. The first-order valence-electron chi connectivity index (χ1n) is 6.92. The average Bonchev–Trinajstić information content (AvgIpc) is 2.42. The van der Waals surface area contributed by atoms with Gasteiger partial charge in [0.1, 0.15) is 0 Å². The van der Waals surface area contributed by atoms with Crippen LogP contribution in [0.15, 0.2) is 30.3 Å². The van der Waals surface area contributed by atoms with Crippen molar-refractivity contribution in [2.24, 2.45) is 0 Å². The Kier molecular flexibility index (Phi) is 5.54. The lowest BCUT2D eigenvalue weighted by Crippen LogP contribution is -2.46. The normalized spacial score (nSPS) is 22.9. The van der Waals surface area contributed by atoms with Gasteiger partial charge in [0.15, 0.2) is 0 Å². The van der Waals surface area contributed by atoms with E-state index >= 15 is 0 Å². The summed E-state index contributed by atoms with van der Waals surface area (Å²) in [5.74, 6) is 2.52. The lowest BCUT2D eigenvalue weighted by Gasteiger charge is -2.39. The molecule has 100 valence electrons. The van der Waals surface area contributed by atoms with Crippen molar-refractivity contribution in [2.75, 3.05) is 31.1 Å². The van der Waals surface area contributed by atoms with E-state index in [2.05, 4.69) is 66.2 Å². The molecular weight excluding hydrogens is 240 g/mol. The van der Waals surface area contributed by atoms with Gasteiger partial charge in [0.2, 0.25) is 0 Å². The zero-order valence-electron chi connectivity index (χ0n) is 11.4. The van der Waals surface area contributed by atoms with Crippen LogP contribution in [-0.4, -0.2) is 42.1 Å². The molecule has 2 atom stereocenters. The van der Waals surface area contributed by atoms with Gasteiger partial charge in [0, 0.05) is 36.7 Å². The average molecular weight is 264 g/mol. The van der Waals surface area contributed by atoms with Gasteiger partial charge in [0.25, 0.3) is 0 Å². The maximum atomic E-state index is 3.52. The molecule has 2 nitrogen and oxygen atoms in total. The van der Waals surface area contributed by atoms with Gasteiger partial charge >= 0.3 is 0 Å². The molecule has 1 N–H and O–H groups in total. The van der Waals surface area contributed by atoms with Gasteiger partial charge < -0.3 is 5.32 Å². The lowest BCUT2D eigenvalue weighted by molar-refractivity contribution is 0.159. The molecule has 18 heavy (non-hydrogen) atoms. The number of nitrogens with zero attached hydrogens (tertiary/aromatic N) is 1. The highest BCUT2D eigenvalue weighted by atomic mass is 32.2. The SMILES string of the molecule is CCNCC(c1ccccc1)N1CCSCC1C. The molecule has 0 saturated carbocycles. The molecular formula is C15H24N2S. The third-order valence-electron chi connectivity index (χ3n) is 3.59. The topological polar surface area (TPSA) is 15.3 Å². The number of likely N-dealkylation sites (N-methyl/N-ethyl adjacent to an activating group) is 1. The van der Waals surface area contributed by atoms with Crippen molar-refractivity contribution < 1.29 is 0 Å². The van der Waals surface area contributed by atoms with Crippen molar-refractivity contribution in [1.29, 1.82) is 0 Å². The second-order valence-corrected chi connectivity index (χ2v) is 6.05. The van der Waals surface area contributed by atoms with E-state index in [1.165, 1.54) is 23.6 Å². The Balaban J connectivity index is 2.13. The van der Waals surface area contributed by atoms with Gasteiger partial charge in [-0.05, 0) is 19.0 Å². The first kappa shape index (κ1) is 13.9. The molecule has 0 aromatic heterocycles. The van der Waals surface area contributed by atoms with Crippen molar-refractivity contribution >= 4 is 11.8 Å². The molecule has 1 fully saturated rings. The lowest BCUT2D eigenvalue weighted by atomic mass is 10.0. The summed E-state index contributed by atoms with van der Waals surface area (Å²) in [4.78, 5) is 2.66. The predicted octanol–water partition coefficient (Wildman–Crippen LogP) is 2.77. The Morgan fingerprint density at radius 1 is 1.39 bits per heavy atom. The predicted molar refractivity (Wildman–Crippen MR) is 81.2 cm³/mol. The van der Waals surface area contributed by atoms with Crippen LogP contribution < -0.4 is 5.32 Å². The minimum atomic E-state index is 0.516. The van der Waals surface area contributed by atoms with Gasteiger partial charge in [-0.2, -0.15) is 11.8 Å². The van der Waals surface area contributed by atoms with Crippen LogP contribution in [0, 0.1) is 0 Å². The summed E-state index contributed by atoms with van der Waals surface area (Å²) in [7, 11) is 0. The van der Waals surface area contributed by atoms with E-state index in [1.807, 2.05) is 0 Å². The molecule has 0 spiro atoms. The van der Waals surface area contributed by atoms with E-state index in [1.54, 1.807) is 0 Å². The van der Waals surface area contributed by atoms with E-state index in [9.17, 15) is 0 Å². The Bertz CT molecular complexity index is 342. The van der Waals surface area contributed by atoms with Crippen LogP contribution in [-0.2, 0) is 0 Å². The number of benzene rings is 1. The van der Waals surface area contributed by atoms with Crippen molar-refractivity contribution in [1.82, 2.24) is 10.2 Å². The van der Waals surface area contributed by atoms with E-state index in [0.717, 1.165) is 13.1 Å². The van der Waals surface area contributed by atoms with Crippen LogP contribution >= 0.6 is 11.8 Å². The molecule has 1 saturated heterocycles. The first-order valence-corrected chi connectivity index (χ1v) is 8.07. The third kappa shape index (κ3) is 3.50. The van der Waals surface area contributed by atoms with Crippen LogP contribution in [0.1, 0.15) is 25.5 Å².